The zero-order valence-electron chi connectivity index (χ0n) is 9.63. The zero-order chi connectivity index (χ0) is 15.1. The Balaban J connectivity index is 2.27. The normalized spacial score (nSPS) is 14.9. The van der Waals surface area contributed by atoms with Gasteiger partial charge in [0.2, 0.25) is 0 Å². The van der Waals surface area contributed by atoms with Gasteiger partial charge < -0.3 is 4.90 Å². The third-order valence-electron chi connectivity index (χ3n) is 2.59. The standard InChI is InChI=1S/C11H6F5NO2S/c12-5-1-2-6(13)8-7(5)9(18)10(19)17(8)3-4-20-11(14,15)16/h1-2H,3-4H2. The van der Waals surface area contributed by atoms with Crippen LogP contribution in [0, 0.1) is 11.6 Å². The van der Waals surface area contributed by atoms with Crippen molar-refractivity contribution < 1.29 is 31.5 Å². The maximum Gasteiger partial charge on any atom is 0.441 e. The highest BCUT2D eigenvalue weighted by Crippen LogP contribution is 2.35. The predicted octanol–water partition coefficient (Wildman–Crippen LogP) is 2.75. The number of fused-ring (bicyclic) bond motifs is 1. The van der Waals surface area contributed by atoms with Crippen molar-refractivity contribution in [2.75, 3.05) is 17.2 Å². The molecule has 0 aromatic heterocycles. The molecule has 2 rings (SSSR count). The molecular formula is C11H6F5NO2S. The van der Waals surface area contributed by atoms with Crippen LogP contribution in [0.4, 0.5) is 27.6 Å². The molecule has 0 saturated carbocycles. The number of carbonyl (C=O) groups is 2. The predicted molar refractivity (Wildman–Crippen MR) is 61.6 cm³/mol. The molecule has 0 unspecified atom stereocenters. The van der Waals surface area contributed by atoms with E-state index in [1.54, 1.807) is 0 Å². The average Bonchev–Trinajstić information content (AvgIpc) is 2.58. The number of carbonyl (C=O) groups excluding carboxylic acids is 2. The topological polar surface area (TPSA) is 37.4 Å². The summed E-state index contributed by atoms with van der Waals surface area (Å²) in [4.78, 5) is 23.6. The van der Waals surface area contributed by atoms with Gasteiger partial charge in [0.05, 0.1) is 11.3 Å². The number of anilines is 1. The van der Waals surface area contributed by atoms with Crippen LogP contribution < -0.4 is 4.90 Å². The second-order valence-electron chi connectivity index (χ2n) is 3.83. The Labute approximate surface area is 113 Å². The van der Waals surface area contributed by atoms with Crippen LogP contribution in [0.3, 0.4) is 0 Å². The molecule has 1 aromatic carbocycles. The van der Waals surface area contributed by atoms with Gasteiger partial charge in [0.25, 0.3) is 11.7 Å². The van der Waals surface area contributed by atoms with Gasteiger partial charge >= 0.3 is 5.51 Å². The van der Waals surface area contributed by atoms with E-state index in [-0.39, 0.29) is 0 Å². The van der Waals surface area contributed by atoms with Gasteiger partial charge in [0.15, 0.2) is 0 Å². The van der Waals surface area contributed by atoms with Crippen LogP contribution in [0.15, 0.2) is 12.1 Å². The highest BCUT2D eigenvalue weighted by molar-refractivity contribution is 8.00. The molecule has 0 fully saturated rings. The van der Waals surface area contributed by atoms with Gasteiger partial charge in [-0.3, -0.25) is 9.59 Å². The number of thioether (sulfide) groups is 1. The molecule has 1 amide bonds. The maximum atomic E-state index is 13.6. The first-order valence-corrected chi connectivity index (χ1v) is 6.26. The number of rotatable bonds is 3. The summed E-state index contributed by atoms with van der Waals surface area (Å²) >= 11 is -0.413. The molecule has 3 nitrogen and oxygen atoms in total. The maximum absolute atomic E-state index is 13.6. The van der Waals surface area contributed by atoms with Crippen LogP contribution in [0.1, 0.15) is 10.4 Å². The number of alkyl halides is 3. The van der Waals surface area contributed by atoms with Gasteiger partial charge in [-0.2, -0.15) is 13.2 Å². The molecule has 1 aliphatic rings. The minimum Gasteiger partial charge on any atom is -0.301 e. The fourth-order valence-corrected chi connectivity index (χ4v) is 2.32. The van der Waals surface area contributed by atoms with Gasteiger partial charge in [-0.1, -0.05) is 0 Å². The fourth-order valence-electron chi connectivity index (χ4n) is 1.82. The van der Waals surface area contributed by atoms with Crippen molar-refractivity contribution in [3.63, 3.8) is 0 Å². The molecular weight excluding hydrogens is 305 g/mol. The highest BCUT2D eigenvalue weighted by atomic mass is 32.2. The van der Waals surface area contributed by atoms with Crippen LogP contribution in [0.25, 0.3) is 0 Å². The van der Waals surface area contributed by atoms with Gasteiger partial charge in [0.1, 0.15) is 11.6 Å². The Bertz CT molecular complexity index is 587. The smallest absolute Gasteiger partial charge is 0.301 e. The molecule has 9 heteroatoms. The van der Waals surface area contributed by atoms with E-state index >= 15 is 0 Å². The van der Waals surface area contributed by atoms with Crippen LogP contribution in [0.2, 0.25) is 0 Å². The van der Waals surface area contributed by atoms with Crippen LogP contribution >= 0.6 is 11.8 Å². The zero-order valence-corrected chi connectivity index (χ0v) is 10.4. The fraction of sp³-hybridized carbons (Fsp3) is 0.273. The van der Waals surface area contributed by atoms with E-state index in [0.29, 0.717) is 17.0 Å². The van der Waals surface area contributed by atoms with Gasteiger partial charge in [-0.05, 0) is 23.9 Å². The van der Waals surface area contributed by atoms with Crippen LogP contribution in [0.5, 0.6) is 0 Å². The number of hydrogen-bond acceptors (Lipinski definition) is 3. The molecule has 0 N–H and O–H groups in total. The molecule has 0 saturated heterocycles. The Morgan fingerprint density at radius 3 is 2.30 bits per heavy atom. The molecule has 20 heavy (non-hydrogen) atoms. The summed E-state index contributed by atoms with van der Waals surface area (Å²) in [7, 11) is 0. The van der Waals surface area contributed by atoms with Crippen molar-refractivity contribution in [1.82, 2.24) is 0 Å². The van der Waals surface area contributed by atoms with E-state index in [1.165, 1.54) is 0 Å². The van der Waals surface area contributed by atoms with E-state index < -0.39 is 64.1 Å². The molecule has 1 heterocycles. The van der Waals surface area contributed by atoms with E-state index in [2.05, 4.69) is 0 Å². The number of hydrogen-bond donors (Lipinski definition) is 0. The summed E-state index contributed by atoms with van der Waals surface area (Å²) in [6.45, 7) is -0.540. The van der Waals surface area contributed by atoms with Gasteiger partial charge in [0, 0.05) is 12.3 Å². The monoisotopic (exact) mass is 311 g/mol. The quantitative estimate of drug-likeness (QED) is 0.636. The number of ketones is 1. The Morgan fingerprint density at radius 2 is 1.70 bits per heavy atom. The molecule has 0 atom stereocenters. The first-order chi connectivity index (χ1) is 9.22. The molecule has 1 aliphatic heterocycles. The summed E-state index contributed by atoms with van der Waals surface area (Å²) in [5, 5.41) is 0. The van der Waals surface area contributed by atoms with Crippen molar-refractivity contribution in [1.29, 1.82) is 0 Å². The van der Waals surface area contributed by atoms with Crippen molar-refractivity contribution in [2.45, 2.75) is 5.51 Å². The van der Waals surface area contributed by atoms with Crippen LogP contribution in [-0.2, 0) is 4.79 Å². The summed E-state index contributed by atoms with van der Waals surface area (Å²) in [6, 6.07) is 1.40. The lowest BCUT2D eigenvalue weighted by Crippen LogP contribution is -2.32. The molecule has 108 valence electrons. The van der Waals surface area contributed by atoms with E-state index in [0.717, 1.165) is 0 Å². The van der Waals surface area contributed by atoms with Crippen molar-refractivity contribution in [3.8, 4) is 0 Å². The minimum absolute atomic E-state index is 0.413. The second kappa shape index (κ2) is 5.04. The number of amides is 1. The molecule has 1 aromatic rings. The largest absolute Gasteiger partial charge is 0.441 e. The van der Waals surface area contributed by atoms with Crippen LogP contribution in [-0.4, -0.2) is 29.5 Å². The van der Waals surface area contributed by atoms with Crippen molar-refractivity contribution >= 4 is 29.1 Å². The summed E-state index contributed by atoms with van der Waals surface area (Å²) in [5.74, 6) is -5.18. The first kappa shape index (κ1) is 14.8. The third kappa shape index (κ3) is 2.62. The highest BCUT2D eigenvalue weighted by Gasteiger charge is 2.40. The van der Waals surface area contributed by atoms with Crippen molar-refractivity contribution in [3.05, 3.63) is 29.3 Å². The second-order valence-corrected chi connectivity index (χ2v) is 4.99. The summed E-state index contributed by atoms with van der Waals surface area (Å²) in [6.07, 6.45) is 0. The molecule has 0 spiro atoms. The number of benzene rings is 1. The molecule has 0 radical (unpaired) electrons. The minimum atomic E-state index is -4.50. The number of Topliss-reactive ketones (excluding diaryl/α,β-unsaturated/α-hetero) is 1. The summed E-state index contributed by atoms with van der Waals surface area (Å²) in [5.41, 5.74) is -5.83. The van der Waals surface area contributed by atoms with Gasteiger partial charge in [-0.25, -0.2) is 8.78 Å². The average molecular weight is 311 g/mol. The number of halogens is 5. The first-order valence-electron chi connectivity index (χ1n) is 5.27. The molecule has 0 bridgehead atoms. The lowest BCUT2D eigenvalue weighted by atomic mass is 10.1. The third-order valence-corrected chi connectivity index (χ3v) is 3.31. The lowest BCUT2D eigenvalue weighted by Gasteiger charge is -2.17. The summed E-state index contributed by atoms with van der Waals surface area (Å²) < 4.78 is 63.0. The Hall–Kier alpha value is -1.64. The van der Waals surface area contributed by atoms with Gasteiger partial charge in [-0.15, -0.1) is 0 Å². The Kier molecular flexibility index (Phi) is 3.72. The lowest BCUT2D eigenvalue weighted by molar-refractivity contribution is -0.114. The van der Waals surface area contributed by atoms with E-state index in [4.69, 9.17) is 0 Å². The molecule has 0 aliphatic carbocycles. The number of nitrogens with zero attached hydrogens (tertiary/aromatic N) is 1. The van der Waals surface area contributed by atoms with E-state index in [9.17, 15) is 31.5 Å². The van der Waals surface area contributed by atoms with Crippen molar-refractivity contribution in [2.24, 2.45) is 0 Å². The SMILES string of the molecule is O=C1C(=O)N(CCSC(F)(F)F)c2c(F)ccc(F)c21. The van der Waals surface area contributed by atoms with E-state index in [1.807, 2.05) is 0 Å². The Morgan fingerprint density at radius 1 is 1.10 bits per heavy atom.